The van der Waals surface area contributed by atoms with Crippen LogP contribution < -0.4 is 0 Å². The first-order valence-corrected chi connectivity index (χ1v) is 13.2. The van der Waals surface area contributed by atoms with Gasteiger partial charge in [-0.25, -0.2) is 0 Å². The monoisotopic (exact) mass is 451 g/mol. The van der Waals surface area contributed by atoms with Gasteiger partial charge in [-0.3, -0.25) is 4.79 Å². The predicted octanol–water partition coefficient (Wildman–Crippen LogP) is 3.92. The number of esters is 1. The van der Waals surface area contributed by atoms with Crippen LogP contribution in [-0.4, -0.2) is 56.6 Å². The summed E-state index contributed by atoms with van der Waals surface area (Å²) < 4.78 is 23.6. The van der Waals surface area contributed by atoms with Gasteiger partial charge in [-0.1, -0.05) is 56.2 Å². The second kappa shape index (κ2) is 10.6. The number of hydrogen-bond donors (Lipinski definition) is 1. The molecule has 1 fully saturated rings. The molecule has 0 aliphatic carbocycles. The maximum Gasteiger partial charge on any atom is 0.303 e. The van der Waals surface area contributed by atoms with Crippen molar-refractivity contribution in [3.8, 4) is 0 Å². The fraction of sp³-hybridized carbons (Fsp3) is 0.667. The van der Waals surface area contributed by atoms with E-state index in [0.29, 0.717) is 6.61 Å². The number of benzene rings is 1. The number of aliphatic hydroxyl groups excluding tert-OH is 1. The van der Waals surface area contributed by atoms with Gasteiger partial charge in [0.05, 0.1) is 13.2 Å². The molecule has 10 heteroatoms. The van der Waals surface area contributed by atoms with Gasteiger partial charge in [0.1, 0.15) is 24.4 Å². The Morgan fingerprint density at radius 3 is 2.45 bits per heavy atom. The molecule has 1 aromatic carbocycles. The number of ether oxygens (including phenoxy) is 3. The third-order valence-electron chi connectivity index (χ3n) is 5.75. The summed E-state index contributed by atoms with van der Waals surface area (Å²) in [7, 11) is -2.35. The van der Waals surface area contributed by atoms with Crippen LogP contribution in [0.3, 0.4) is 0 Å². The summed E-state index contributed by atoms with van der Waals surface area (Å²) >= 11 is 0. The molecular weight excluding hydrogens is 418 g/mol. The number of nitrogens with zero attached hydrogens (tertiary/aromatic N) is 3. The van der Waals surface area contributed by atoms with E-state index in [-0.39, 0.29) is 11.6 Å². The maximum atomic E-state index is 11.8. The minimum Gasteiger partial charge on any atom is -0.459 e. The minimum absolute atomic E-state index is 0.103. The van der Waals surface area contributed by atoms with Gasteiger partial charge in [-0.2, -0.15) is 0 Å². The van der Waals surface area contributed by atoms with Gasteiger partial charge in [0.2, 0.25) is 0 Å². The lowest BCUT2D eigenvalue weighted by Crippen LogP contribution is -2.63. The molecule has 0 amide bonds. The SMILES string of the molecule is CC(=O)O[C@@H]1[C@@H](N=[N+]=[N-])[C@H](O)O[C@H](COCc2ccccc2)[C@H]1O[Si](C)(C)C(C)(C)C. The van der Waals surface area contributed by atoms with E-state index in [2.05, 4.69) is 43.9 Å². The first-order chi connectivity index (χ1) is 14.5. The molecule has 0 radical (unpaired) electrons. The Hall–Kier alpha value is -1.94. The van der Waals surface area contributed by atoms with Crippen LogP contribution in [-0.2, 0) is 30.0 Å². The van der Waals surface area contributed by atoms with E-state index in [1.807, 2.05) is 30.3 Å². The molecule has 31 heavy (non-hydrogen) atoms. The largest absolute Gasteiger partial charge is 0.459 e. The summed E-state index contributed by atoms with van der Waals surface area (Å²) in [6.07, 6.45) is -3.94. The first kappa shape index (κ1) is 25.3. The highest BCUT2D eigenvalue weighted by Gasteiger charge is 2.51. The van der Waals surface area contributed by atoms with Crippen LogP contribution >= 0.6 is 0 Å². The molecular formula is C21H33N3O6Si. The highest BCUT2D eigenvalue weighted by Crippen LogP contribution is 2.40. The average Bonchev–Trinajstić information content (AvgIpc) is 2.67. The highest BCUT2D eigenvalue weighted by atomic mass is 28.4. The molecule has 0 unspecified atom stereocenters. The van der Waals surface area contributed by atoms with E-state index >= 15 is 0 Å². The van der Waals surface area contributed by atoms with Gasteiger partial charge in [0.25, 0.3) is 0 Å². The molecule has 0 bridgehead atoms. The van der Waals surface area contributed by atoms with Crippen LogP contribution in [0.5, 0.6) is 0 Å². The quantitative estimate of drug-likeness (QED) is 0.210. The van der Waals surface area contributed by atoms with Gasteiger partial charge in [-0.05, 0) is 29.2 Å². The summed E-state index contributed by atoms with van der Waals surface area (Å²) in [6.45, 7) is 12.1. The molecule has 1 N–H and O–H groups in total. The van der Waals surface area contributed by atoms with E-state index in [1.54, 1.807) is 0 Å². The number of rotatable bonds is 8. The summed E-state index contributed by atoms with van der Waals surface area (Å²) in [6, 6.07) is 8.52. The predicted molar refractivity (Wildman–Crippen MR) is 118 cm³/mol. The van der Waals surface area contributed by atoms with Gasteiger partial charge in [0, 0.05) is 11.8 Å². The van der Waals surface area contributed by atoms with Crippen LogP contribution in [0.15, 0.2) is 35.4 Å². The summed E-state index contributed by atoms with van der Waals surface area (Å²) in [5, 5.41) is 14.0. The zero-order valence-corrected chi connectivity index (χ0v) is 20.0. The molecule has 1 aliphatic rings. The van der Waals surface area contributed by atoms with Crippen LogP contribution in [0.1, 0.15) is 33.3 Å². The number of azide groups is 1. The van der Waals surface area contributed by atoms with Crippen molar-refractivity contribution in [2.45, 2.75) is 83.1 Å². The zero-order valence-electron chi connectivity index (χ0n) is 19.0. The molecule has 0 spiro atoms. The van der Waals surface area contributed by atoms with Crippen molar-refractivity contribution in [1.82, 2.24) is 0 Å². The Labute approximate surface area is 184 Å². The highest BCUT2D eigenvalue weighted by molar-refractivity contribution is 6.74. The van der Waals surface area contributed by atoms with E-state index < -0.39 is 44.9 Å². The van der Waals surface area contributed by atoms with E-state index in [1.165, 1.54) is 6.92 Å². The standard InChI is InChI=1S/C21H33N3O6Si/c1-14(25)28-19-17(23-24-22)20(26)29-16(13-27-12-15-10-8-7-9-11-15)18(19)30-31(5,6)21(2,3)4/h7-11,16-20,26H,12-13H2,1-6H3/t16-,17-,18-,19-,20-/m1/s1. The van der Waals surface area contributed by atoms with Gasteiger partial charge in [-0.15, -0.1) is 0 Å². The lowest BCUT2D eigenvalue weighted by molar-refractivity contribution is -0.253. The zero-order chi connectivity index (χ0) is 23.2. The van der Waals surface area contributed by atoms with Crippen LogP contribution in [0.2, 0.25) is 18.1 Å². The Morgan fingerprint density at radius 2 is 1.90 bits per heavy atom. The van der Waals surface area contributed by atoms with E-state index in [4.69, 9.17) is 24.2 Å². The number of carbonyl (C=O) groups excluding carboxylic acids is 1. The van der Waals surface area contributed by atoms with Crippen molar-refractivity contribution in [3.63, 3.8) is 0 Å². The molecule has 1 aromatic rings. The smallest absolute Gasteiger partial charge is 0.303 e. The number of hydrogen-bond acceptors (Lipinski definition) is 7. The number of aliphatic hydroxyl groups is 1. The van der Waals surface area contributed by atoms with Crippen molar-refractivity contribution in [2.24, 2.45) is 5.11 Å². The van der Waals surface area contributed by atoms with Crippen molar-refractivity contribution < 1.29 is 28.5 Å². The van der Waals surface area contributed by atoms with Crippen molar-refractivity contribution in [2.75, 3.05) is 6.61 Å². The van der Waals surface area contributed by atoms with Gasteiger partial charge in [0.15, 0.2) is 14.6 Å². The van der Waals surface area contributed by atoms with Crippen molar-refractivity contribution in [1.29, 1.82) is 0 Å². The Kier molecular flexibility index (Phi) is 8.64. The number of carbonyl (C=O) groups is 1. The average molecular weight is 452 g/mol. The summed E-state index contributed by atoms with van der Waals surface area (Å²) in [5.74, 6) is -0.565. The van der Waals surface area contributed by atoms with E-state index in [9.17, 15) is 9.90 Å². The normalized spacial score (nSPS) is 26.7. The topological polar surface area (TPSA) is 123 Å². The molecule has 0 aromatic heterocycles. The molecule has 1 heterocycles. The second-order valence-corrected chi connectivity index (χ2v) is 13.9. The fourth-order valence-electron chi connectivity index (χ4n) is 3.08. The molecule has 9 nitrogen and oxygen atoms in total. The molecule has 5 atom stereocenters. The summed E-state index contributed by atoms with van der Waals surface area (Å²) in [4.78, 5) is 14.6. The maximum absolute atomic E-state index is 11.8. The molecule has 1 saturated heterocycles. The van der Waals surface area contributed by atoms with Crippen LogP contribution in [0, 0.1) is 0 Å². The Balaban J connectivity index is 2.30. The molecule has 0 saturated carbocycles. The third kappa shape index (κ3) is 6.77. The van der Waals surface area contributed by atoms with Gasteiger partial charge < -0.3 is 23.7 Å². The minimum atomic E-state index is -2.35. The molecule has 1 aliphatic heterocycles. The summed E-state index contributed by atoms with van der Waals surface area (Å²) in [5.41, 5.74) is 9.95. The molecule has 2 rings (SSSR count). The Bertz CT molecular complexity index is 779. The third-order valence-corrected chi connectivity index (χ3v) is 10.2. The van der Waals surface area contributed by atoms with Crippen LogP contribution in [0.25, 0.3) is 10.4 Å². The fourth-order valence-corrected chi connectivity index (χ4v) is 4.40. The first-order valence-electron chi connectivity index (χ1n) is 10.3. The lowest BCUT2D eigenvalue weighted by Gasteiger charge is -2.47. The van der Waals surface area contributed by atoms with Gasteiger partial charge >= 0.3 is 5.97 Å². The lowest BCUT2D eigenvalue weighted by atomic mass is 9.97. The van der Waals surface area contributed by atoms with Crippen LogP contribution in [0.4, 0.5) is 0 Å². The second-order valence-electron chi connectivity index (χ2n) is 9.18. The van der Waals surface area contributed by atoms with Crippen molar-refractivity contribution in [3.05, 3.63) is 46.3 Å². The van der Waals surface area contributed by atoms with Crippen molar-refractivity contribution >= 4 is 14.3 Å². The Morgan fingerprint density at radius 1 is 1.26 bits per heavy atom. The molecule has 172 valence electrons. The van der Waals surface area contributed by atoms with E-state index in [0.717, 1.165) is 5.56 Å².